The summed E-state index contributed by atoms with van der Waals surface area (Å²) >= 11 is 1.52. The van der Waals surface area contributed by atoms with E-state index in [1.54, 1.807) is 6.07 Å². The maximum absolute atomic E-state index is 13.9. The second-order valence-corrected chi connectivity index (χ2v) is 8.41. The Morgan fingerprint density at radius 1 is 1.24 bits per heavy atom. The van der Waals surface area contributed by atoms with Gasteiger partial charge in [0.15, 0.2) is 5.13 Å². The number of thiazole rings is 1. The Labute approximate surface area is 151 Å². The van der Waals surface area contributed by atoms with Gasteiger partial charge in [-0.3, -0.25) is 4.79 Å². The predicted molar refractivity (Wildman–Crippen MR) is 99.5 cm³/mol. The molecule has 0 bridgehead atoms. The number of carbonyl (C=O) groups excluding carboxylic acids is 1. The van der Waals surface area contributed by atoms with Crippen molar-refractivity contribution in [2.24, 2.45) is 11.8 Å². The van der Waals surface area contributed by atoms with Crippen LogP contribution in [0.25, 0.3) is 10.2 Å². The summed E-state index contributed by atoms with van der Waals surface area (Å²) < 4.78 is 14.8. The molecular formula is C19H24FN3OS. The van der Waals surface area contributed by atoms with Gasteiger partial charge in [-0.25, -0.2) is 9.37 Å². The first-order valence-electron chi connectivity index (χ1n) is 9.20. The maximum atomic E-state index is 13.9. The lowest BCUT2D eigenvalue weighted by atomic mass is 9.94. The zero-order valence-corrected chi connectivity index (χ0v) is 15.4. The van der Waals surface area contributed by atoms with Crippen LogP contribution in [0.15, 0.2) is 18.2 Å². The van der Waals surface area contributed by atoms with Crippen LogP contribution in [0.4, 0.5) is 9.52 Å². The highest BCUT2D eigenvalue weighted by atomic mass is 32.1. The van der Waals surface area contributed by atoms with Crippen molar-refractivity contribution < 1.29 is 9.18 Å². The van der Waals surface area contributed by atoms with Gasteiger partial charge in [0.25, 0.3) is 0 Å². The van der Waals surface area contributed by atoms with E-state index in [0.29, 0.717) is 23.9 Å². The Morgan fingerprint density at radius 2 is 2.08 bits per heavy atom. The smallest absolute Gasteiger partial charge is 0.227 e. The van der Waals surface area contributed by atoms with E-state index in [1.165, 1.54) is 23.8 Å². The fourth-order valence-corrected chi connectivity index (χ4v) is 5.05. The third kappa shape index (κ3) is 3.36. The SMILES string of the molecule is CC1CCCN(C(=O)C2CCCN(c3nc4c(F)cccc4s3)C2)C1. The van der Waals surface area contributed by atoms with Gasteiger partial charge in [-0.1, -0.05) is 24.3 Å². The van der Waals surface area contributed by atoms with Crippen LogP contribution >= 0.6 is 11.3 Å². The molecule has 2 fully saturated rings. The fraction of sp³-hybridized carbons (Fsp3) is 0.579. The molecule has 0 aliphatic carbocycles. The van der Waals surface area contributed by atoms with E-state index < -0.39 is 0 Å². The molecule has 2 aliphatic rings. The molecular weight excluding hydrogens is 337 g/mol. The normalized spacial score (nSPS) is 24.7. The Morgan fingerprint density at radius 3 is 2.88 bits per heavy atom. The van der Waals surface area contributed by atoms with Gasteiger partial charge >= 0.3 is 0 Å². The summed E-state index contributed by atoms with van der Waals surface area (Å²) in [5, 5.41) is 0.838. The number of halogens is 1. The van der Waals surface area contributed by atoms with E-state index in [0.717, 1.165) is 48.7 Å². The van der Waals surface area contributed by atoms with Crippen LogP contribution in [0.2, 0.25) is 0 Å². The minimum atomic E-state index is -0.271. The van der Waals surface area contributed by atoms with Crippen molar-refractivity contribution in [2.75, 3.05) is 31.1 Å². The molecule has 0 spiro atoms. The first-order chi connectivity index (χ1) is 12.1. The number of para-hydroxylation sites is 1. The second-order valence-electron chi connectivity index (χ2n) is 7.40. The van der Waals surface area contributed by atoms with E-state index >= 15 is 0 Å². The van der Waals surface area contributed by atoms with Crippen LogP contribution in [0.5, 0.6) is 0 Å². The number of likely N-dealkylation sites (tertiary alicyclic amines) is 1. The fourth-order valence-electron chi connectivity index (χ4n) is 4.04. The molecule has 0 saturated carbocycles. The number of amides is 1. The van der Waals surface area contributed by atoms with Crippen LogP contribution in [0.3, 0.4) is 0 Å². The lowest BCUT2D eigenvalue weighted by Crippen LogP contribution is -2.47. The van der Waals surface area contributed by atoms with Gasteiger partial charge in [-0.05, 0) is 43.7 Å². The summed E-state index contributed by atoms with van der Waals surface area (Å²) in [4.78, 5) is 21.6. The predicted octanol–water partition coefficient (Wildman–Crippen LogP) is 3.91. The Bertz CT molecular complexity index is 777. The quantitative estimate of drug-likeness (QED) is 0.814. The van der Waals surface area contributed by atoms with Gasteiger partial charge < -0.3 is 9.80 Å². The number of aromatic nitrogens is 1. The summed E-state index contributed by atoms with van der Waals surface area (Å²) in [7, 11) is 0. The van der Waals surface area contributed by atoms with Crippen molar-refractivity contribution in [3.8, 4) is 0 Å². The van der Waals surface area contributed by atoms with Gasteiger partial charge in [-0.2, -0.15) is 0 Å². The lowest BCUT2D eigenvalue weighted by Gasteiger charge is -2.37. The number of benzene rings is 1. The molecule has 3 heterocycles. The minimum Gasteiger partial charge on any atom is -0.347 e. The van der Waals surface area contributed by atoms with Gasteiger partial charge in [0.2, 0.25) is 5.91 Å². The molecule has 6 heteroatoms. The average molecular weight is 361 g/mol. The highest BCUT2D eigenvalue weighted by Gasteiger charge is 2.32. The van der Waals surface area contributed by atoms with Crippen LogP contribution < -0.4 is 4.90 Å². The summed E-state index contributed by atoms with van der Waals surface area (Å²) in [6.45, 7) is 5.60. The number of carbonyl (C=O) groups is 1. The zero-order chi connectivity index (χ0) is 17.4. The van der Waals surface area contributed by atoms with E-state index in [4.69, 9.17) is 0 Å². The summed E-state index contributed by atoms with van der Waals surface area (Å²) in [6.07, 6.45) is 4.26. The van der Waals surface area contributed by atoms with Crippen LogP contribution in [-0.4, -0.2) is 42.0 Å². The Kier molecular flexibility index (Phi) is 4.63. The van der Waals surface area contributed by atoms with E-state index in [-0.39, 0.29) is 11.7 Å². The molecule has 1 aromatic carbocycles. The van der Waals surface area contributed by atoms with E-state index in [1.807, 2.05) is 6.07 Å². The highest BCUT2D eigenvalue weighted by molar-refractivity contribution is 7.22. The molecule has 134 valence electrons. The topological polar surface area (TPSA) is 36.4 Å². The molecule has 2 saturated heterocycles. The van der Waals surface area contributed by atoms with Gasteiger partial charge in [0, 0.05) is 26.2 Å². The molecule has 25 heavy (non-hydrogen) atoms. The molecule has 2 atom stereocenters. The summed E-state index contributed by atoms with van der Waals surface area (Å²) in [5.74, 6) is 0.663. The first kappa shape index (κ1) is 16.8. The molecule has 0 radical (unpaired) electrons. The molecule has 1 aromatic heterocycles. The molecule has 0 N–H and O–H groups in total. The summed E-state index contributed by atoms with van der Waals surface area (Å²) in [5.41, 5.74) is 0.445. The maximum Gasteiger partial charge on any atom is 0.227 e. The van der Waals surface area contributed by atoms with Crippen LogP contribution in [0.1, 0.15) is 32.6 Å². The first-order valence-corrected chi connectivity index (χ1v) is 10.0. The number of hydrogen-bond donors (Lipinski definition) is 0. The van der Waals surface area contributed by atoms with Gasteiger partial charge in [0.05, 0.1) is 10.6 Å². The van der Waals surface area contributed by atoms with Crippen LogP contribution in [0, 0.1) is 17.7 Å². The van der Waals surface area contributed by atoms with Crippen molar-refractivity contribution in [3.63, 3.8) is 0 Å². The van der Waals surface area contributed by atoms with Crippen molar-refractivity contribution >= 4 is 32.6 Å². The minimum absolute atomic E-state index is 0.0379. The molecule has 2 aromatic rings. The molecule has 4 nitrogen and oxygen atoms in total. The highest BCUT2D eigenvalue weighted by Crippen LogP contribution is 2.33. The van der Waals surface area contributed by atoms with Gasteiger partial charge in [-0.15, -0.1) is 0 Å². The number of fused-ring (bicyclic) bond motifs is 1. The summed E-state index contributed by atoms with van der Waals surface area (Å²) in [6, 6.07) is 5.08. The largest absolute Gasteiger partial charge is 0.347 e. The van der Waals surface area contributed by atoms with E-state index in [2.05, 4.69) is 21.7 Å². The van der Waals surface area contributed by atoms with Crippen molar-refractivity contribution in [1.29, 1.82) is 0 Å². The number of hydrogen-bond acceptors (Lipinski definition) is 4. The van der Waals surface area contributed by atoms with Crippen molar-refractivity contribution in [1.82, 2.24) is 9.88 Å². The second kappa shape index (κ2) is 6.90. The van der Waals surface area contributed by atoms with Crippen LogP contribution in [-0.2, 0) is 4.79 Å². The van der Waals surface area contributed by atoms with E-state index in [9.17, 15) is 9.18 Å². The lowest BCUT2D eigenvalue weighted by molar-refractivity contribution is -0.137. The number of rotatable bonds is 2. The Balaban J connectivity index is 1.50. The third-order valence-electron chi connectivity index (χ3n) is 5.37. The zero-order valence-electron chi connectivity index (χ0n) is 14.6. The Hall–Kier alpha value is -1.69. The van der Waals surface area contributed by atoms with Crippen molar-refractivity contribution in [2.45, 2.75) is 32.6 Å². The van der Waals surface area contributed by atoms with Gasteiger partial charge in [0.1, 0.15) is 11.3 Å². The monoisotopic (exact) mass is 361 g/mol. The molecule has 2 aliphatic heterocycles. The molecule has 1 amide bonds. The average Bonchev–Trinajstić information content (AvgIpc) is 3.07. The number of piperidine rings is 2. The number of nitrogens with zero attached hydrogens (tertiary/aromatic N) is 3. The molecule has 4 rings (SSSR count). The molecule has 2 unspecified atom stereocenters. The standard InChI is InChI=1S/C19H24FN3OS/c1-13-5-3-9-22(11-13)18(24)14-6-4-10-23(12-14)19-21-17-15(20)7-2-8-16(17)25-19/h2,7-8,13-14H,3-6,9-12H2,1H3. The third-order valence-corrected chi connectivity index (χ3v) is 6.45. The number of anilines is 1. The van der Waals surface area contributed by atoms with Crippen molar-refractivity contribution in [3.05, 3.63) is 24.0 Å².